The molecule has 114 valence electrons. The Kier molecular flexibility index (Phi) is 4.92. The maximum Gasteiger partial charge on any atom is 0.213 e. The number of hydrogen-bond donors (Lipinski definition) is 4. The molecule has 0 saturated carbocycles. The lowest BCUT2D eigenvalue weighted by Gasteiger charge is -2.06. The van der Waals surface area contributed by atoms with Crippen LogP contribution < -0.4 is 21.5 Å². The van der Waals surface area contributed by atoms with E-state index in [0.717, 1.165) is 16.8 Å². The van der Waals surface area contributed by atoms with E-state index in [4.69, 9.17) is 21.6 Å². The SMILES string of the molecule is COc1ccc(N/C=C(\C=N)Cc2cc(N)nc(N)c2)cn1. The molecule has 0 aliphatic rings. The molecule has 6 N–H and O–H groups in total. The minimum Gasteiger partial charge on any atom is -0.481 e. The molecular formula is C15H18N6O. The van der Waals surface area contributed by atoms with E-state index < -0.39 is 0 Å². The van der Waals surface area contributed by atoms with E-state index in [9.17, 15) is 0 Å². The summed E-state index contributed by atoms with van der Waals surface area (Å²) in [7, 11) is 1.56. The van der Waals surface area contributed by atoms with Gasteiger partial charge in [0.05, 0.1) is 19.0 Å². The molecule has 0 bridgehead atoms. The largest absolute Gasteiger partial charge is 0.481 e. The van der Waals surface area contributed by atoms with Gasteiger partial charge in [-0.2, -0.15) is 0 Å². The van der Waals surface area contributed by atoms with Crippen molar-refractivity contribution in [2.24, 2.45) is 0 Å². The Morgan fingerprint density at radius 1 is 1.32 bits per heavy atom. The van der Waals surface area contributed by atoms with Gasteiger partial charge in [0, 0.05) is 24.9 Å². The molecule has 7 heteroatoms. The quantitative estimate of drug-likeness (QED) is 0.603. The van der Waals surface area contributed by atoms with Crippen LogP contribution in [0.3, 0.4) is 0 Å². The maximum atomic E-state index is 7.50. The number of nitrogens with zero attached hydrogens (tertiary/aromatic N) is 2. The lowest BCUT2D eigenvalue weighted by Crippen LogP contribution is -2.01. The van der Waals surface area contributed by atoms with E-state index in [1.54, 1.807) is 37.7 Å². The Bertz CT molecular complexity index is 661. The zero-order valence-electron chi connectivity index (χ0n) is 12.2. The van der Waals surface area contributed by atoms with Crippen molar-refractivity contribution in [3.05, 3.63) is 47.8 Å². The summed E-state index contributed by atoms with van der Waals surface area (Å²) in [5.74, 6) is 1.28. The number of pyridine rings is 2. The average molecular weight is 298 g/mol. The monoisotopic (exact) mass is 298 g/mol. The van der Waals surface area contributed by atoms with Crippen LogP contribution in [0.25, 0.3) is 0 Å². The van der Waals surface area contributed by atoms with Gasteiger partial charge in [0.1, 0.15) is 11.6 Å². The fraction of sp³-hybridized carbons (Fsp3) is 0.133. The van der Waals surface area contributed by atoms with Crippen LogP contribution in [0.4, 0.5) is 17.3 Å². The first-order valence-corrected chi connectivity index (χ1v) is 6.58. The van der Waals surface area contributed by atoms with Gasteiger partial charge in [0.2, 0.25) is 5.88 Å². The molecule has 7 nitrogen and oxygen atoms in total. The number of nitrogen functional groups attached to an aromatic ring is 2. The van der Waals surface area contributed by atoms with Crippen LogP contribution in [0, 0.1) is 5.41 Å². The van der Waals surface area contributed by atoms with Crippen LogP contribution in [0.2, 0.25) is 0 Å². The second kappa shape index (κ2) is 7.07. The number of hydrogen-bond acceptors (Lipinski definition) is 7. The van der Waals surface area contributed by atoms with Crippen molar-refractivity contribution >= 4 is 23.5 Å². The summed E-state index contributed by atoms with van der Waals surface area (Å²) in [4.78, 5) is 8.02. The van der Waals surface area contributed by atoms with Crippen LogP contribution in [0.5, 0.6) is 5.88 Å². The summed E-state index contributed by atoms with van der Waals surface area (Å²) < 4.78 is 5.00. The molecule has 0 saturated heterocycles. The van der Waals surface area contributed by atoms with E-state index in [1.807, 2.05) is 6.07 Å². The Morgan fingerprint density at radius 2 is 2.05 bits per heavy atom. The fourth-order valence-electron chi connectivity index (χ4n) is 1.88. The predicted octanol–water partition coefficient (Wildman–Crippen LogP) is 1.84. The molecule has 2 aromatic rings. The molecular weight excluding hydrogens is 280 g/mol. The van der Waals surface area contributed by atoms with Gasteiger partial charge in [-0.15, -0.1) is 0 Å². The summed E-state index contributed by atoms with van der Waals surface area (Å²) in [5.41, 5.74) is 13.8. The van der Waals surface area contributed by atoms with Crippen LogP contribution in [-0.4, -0.2) is 23.3 Å². The molecule has 0 spiro atoms. The van der Waals surface area contributed by atoms with Gasteiger partial charge in [0.15, 0.2) is 0 Å². The lowest BCUT2D eigenvalue weighted by molar-refractivity contribution is 0.398. The highest BCUT2D eigenvalue weighted by Crippen LogP contribution is 2.14. The smallest absolute Gasteiger partial charge is 0.213 e. The number of nitrogens with one attached hydrogen (secondary N) is 2. The van der Waals surface area contributed by atoms with Gasteiger partial charge in [0.25, 0.3) is 0 Å². The van der Waals surface area contributed by atoms with E-state index in [1.165, 1.54) is 6.21 Å². The molecule has 2 heterocycles. The highest BCUT2D eigenvalue weighted by Gasteiger charge is 2.01. The third-order valence-electron chi connectivity index (χ3n) is 2.89. The average Bonchev–Trinajstić information content (AvgIpc) is 2.51. The van der Waals surface area contributed by atoms with Gasteiger partial charge in [-0.1, -0.05) is 0 Å². The minimum atomic E-state index is 0.367. The summed E-state index contributed by atoms with van der Waals surface area (Å²) in [5, 5.41) is 10.6. The zero-order valence-corrected chi connectivity index (χ0v) is 12.2. The van der Waals surface area contributed by atoms with Crippen LogP contribution >= 0.6 is 0 Å². The first kappa shape index (κ1) is 15.3. The van der Waals surface area contributed by atoms with E-state index >= 15 is 0 Å². The van der Waals surface area contributed by atoms with Crippen molar-refractivity contribution in [3.63, 3.8) is 0 Å². The molecule has 0 unspecified atom stereocenters. The van der Waals surface area contributed by atoms with Crippen molar-refractivity contribution in [2.45, 2.75) is 6.42 Å². The number of rotatable bonds is 6. The third-order valence-corrected chi connectivity index (χ3v) is 2.89. The van der Waals surface area contributed by atoms with Gasteiger partial charge < -0.3 is 26.9 Å². The third kappa shape index (κ3) is 4.20. The number of ether oxygens (including phenoxy) is 1. The standard InChI is InChI=1S/C15H18N6O/c1-22-15-3-2-12(9-20-15)19-8-11(7-16)4-10-5-13(17)21-14(18)6-10/h2-3,5-9,16,19H,4H2,1H3,(H4,17,18,21)/b11-8-,16-7?. The molecule has 2 aromatic heterocycles. The Morgan fingerprint density at radius 3 is 2.59 bits per heavy atom. The molecule has 0 aliphatic heterocycles. The van der Waals surface area contributed by atoms with Gasteiger partial charge in [-0.05, 0) is 29.3 Å². The summed E-state index contributed by atoms with van der Waals surface area (Å²) in [6, 6.07) is 7.07. The Hall–Kier alpha value is -3.09. The first-order chi connectivity index (χ1) is 10.6. The predicted molar refractivity (Wildman–Crippen MR) is 88.0 cm³/mol. The zero-order chi connectivity index (χ0) is 15.9. The number of aromatic nitrogens is 2. The summed E-state index contributed by atoms with van der Waals surface area (Å²) in [6.07, 6.45) is 5.19. The Balaban J connectivity index is 2.08. The fourth-order valence-corrected chi connectivity index (χ4v) is 1.88. The second-order valence-corrected chi connectivity index (χ2v) is 4.60. The maximum absolute atomic E-state index is 7.50. The van der Waals surface area contributed by atoms with E-state index in [2.05, 4.69) is 15.3 Å². The van der Waals surface area contributed by atoms with Crippen molar-refractivity contribution in [1.82, 2.24) is 9.97 Å². The number of methoxy groups -OCH3 is 1. The van der Waals surface area contributed by atoms with E-state index in [0.29, 0.717) is 23.9 Å². The molecule has 0 aromatic carbocycles. The van der Waals surface area contributed by atoms with Crippen LogP contribution in [-0.2, 0) is 6.42 Å². The molecule has 22 heavy (non-hydrogen) atoms. The molecule has 0 fully saturated rings. The first-order valence-electron chi connectivity index (χ1n) is 6.58. The van der Waals surface area contributed by atoms with Crippen LogP contribution in [0.1, 0.15) is 5.56 Å². The molecule has 2 rings (SSSR count). The number of nitrogens with two attached hydrogens (primary N) is 2. The van der Waals surface area contributed by atoms with Crippen molar-refractivity contribution in [1.29, 1.82) is 5.41 Å². The van der Waals surface area contributed by atoms with Crippen molar-refractivity contribution < 1.29 is 4.74 Å². The summed E-state index contributed by atoms with van der Waals surface area (Å²) >= 11 is 0. The van der Waals surface area contributed by atoms with Gasteiger partial charge in [-0.3, -0.25) is 0 Å². The van der Waals surface area contributed by atoms with Crippen molar-refractivity contribution in [2.75, 3.05) is 23.9 Å². The highest BCUT2D eigenvalue weighted by atomic mass is 16.5. The topological polar surface area (TPSA) is 123 Å². The molecule has 0 atom stereocenters. The number of allylic oxidation sites excluding steroid dienone is 1. The molecule has 0 aliphatic carbocycles. The van der Waals surface area contributed by atoms with E-state index in [-0.39, 0.29) is 0 Å². The highest BCUT2D eigenvalue weighted by molar-refractivity contribution is 5.77. The second-order valence-electron chi connectivity index (χ2n) is 4.60. The normalized spacial score (nSPS) is 11.0. The van der Waals surface area contributed by atoms with Gasteiger partial charge in [-0.25, -0.2) is 9.97 Å². The lowest BCUT2D eigenvalue weighted by atomic mass is 10.1. The molecule has 0 amide bonds. The van der Waals surface area contributed by atoms with Gasteiger partial charge >= 0.3 is 0 Å². The summed E-state index contributed by atoms with van der Waals surface area (Å²) in [6.45, 7) is 0. The minimum absolute atomic E-state index is 0.367. The van der Waals surface area contributed by atoms with Crippen molar-refractivity contribution in [3.8, 4) is 5.88 Å². The molecule has 0 radical (unpaired) electrons. The Labute approximate surface area is 128 Å². The van der Waals surface area contributed by atoms with Crippen LogP contribution in [0.15, 0.2) is 42.2 Å². The number of anilines is 3.